The molecule has 0 unspecified atom stereocenters. The monoisotopic (exact) mass is 433 g/mol. The van der Waals surface area contributed by atoms with E-state index in [1.54, 1.807) is 22.7 Å². The SMILES string of the molecule is Cc1cc(NN=Cc2sc(N3CCCCC3)nc2-c2cccs2)nc2ccccc12. The molecule has 1 N–H and O–H groups in total. The van der Waals surface area contributed by atoms with Crippen molar-refractivity contribution in [1.82, 2.24) is 9.97 Å². The van der Waals surface area contributed by atoms with Crippen LogP contribution in [0.5, 0.6) is 0 Å². The highest BCUT2D eigenvalue weighted by atomic mass is 32.1. The van der Waals surface area contributed by atoms with Gasteiger partial charge >= 0.3 is 0 Å². The van der Waals surface area contributed by atoms with Crippen LogP contribution in [0.15, 0.2) is 52.9 Å². The van der Waals surface area contributed by atoms with Crippen molar-refractivity contribution in [1.29, 1.82) is 0 Å². The van der Waals surface area contributed by atoms with E-state index < -0.39 is 0 Å². The first-order valence-electron chi connectivity index (χ1n) is 10.2. The van der Waals surface area contributed by atoms with E-state index in [9.17, 15) is 0 Å². The average molecular weight is 434 g/mol. The summed E-state index contributed by atoms with van der Waals surface area (Å²) in [4.78, 5) is 14.3. The molecule has 5 rings (SSSR count). The summed E-state index contributed by atoms with van der Waals surface area (Å²) in [6.07, 6.45) is 5.68. The predicted octanol–water partition coefficient (Wildman–Crippen LogP) is 6.16. The standard InChI is InChI=1S/C23H23N5S2/c1-16-14-21(25-18-9-4-3-8-17(16)18)27-24-15-20-22(19-10-7-13-29-19)26-23(30-20)28-11-5-2-6-12-28/h3-4,7-10,13-15H,2,5-6,11-12H2,1H3,(H,25,27). The van der Waals surface area contributed by atoms with Gasteiger partial charge in [-0.05, 0) is 55.3 Å². The molecule has 1 saturated heterocycles. The van der Waals surface area contributed by atoms with Gasteiger partial charge < -0.3 is 4.90 Å². The number of rotatable bonds is 5. The van der Waals surface area contributed by atoms with Crippen LogP contribution in [0, 0.1) is 6.92 Å². The Morgan fingerprint density at radius 3 is 2.77 bits per heavy atom. The van der Waals surface area contributed by atoms with E-state index in [1.807, 2.05) is 30.5 Å². The van der Waals surface area contributed by atoms with Crippen LogP contribution in [0.2, 0.25) is 0 Å². The number of pyridine rings is 1. The zero-order valence-corrected chi connectivity index (χ0v) is 18.5. The normalized spacial score (nSPS) is 14.6. The summed E-state index contributed by atoms with van der Waals surface area (Å²) in [5, 5.41) is 8.87. The Morgan fingerprint density at radius 1 is 1.07 bits per heavy atom. The summed E-state index contributed by atoms with van der Waals surface area (Å²) in [5.74, 6) is 0.751. The van der Waals surface area contributed by atoms with Gasteiger partial charge in [-0.25, -0.2) is 9.97 Å². The fourth-order valence-electron chi connectivity index (χ4n) is 3.78. The summed E-state index contributed by atoms with van der Waals surface area (Å²) in [6, 6.07) is 14.4. The van der Waals surface area contributed by atoms with Crippen LogP contribution >= 0.6 is 22.7 Å². The first-order chi connectivity index (χ1) is 14.8. The van der Waals surface area contributed by atoms with Gasteiger partial charge in [0.1, 0.15) is 11.5 Å². The quantitative estimate of drug-likeness (QED) is 0.302. The maximum Gasteiger partial charge on any atom is 0.186 e. The summed E-state index contributed by atoms with van der Waals surface area (Å²) >= 11 is 3.43. The first-order valence-corrected chi connectivity index (χ1v) is 11.9. The Kier molecular flexibility index (Phi) is 5.46. The number of hydrogen-bond acceptors (Lipinski definition) is 7. The lowest BCUT2D eigenvalue weighted by molar-refractivity contribution is 0.577. The van der Waals surface area contributed by atoms with Crippen LogP contribution in [0.3, 0.4) is 0 Å². The molecule has 3 aromatic heterocycles. The van der Waals surface area contributed by atoms with Gasteiger partial charge in [0.05, 0.1) is 21.5 Å². The number of aryl methyl sites for hydroxylation is 1. The molecule has 1 aliphatic heterocycles. The molecule has 0 saturated carbocycles. The van der Waals surface area contributed by atoms with Crippen LogP contribution in [0.25, 0.3) is 21.5 Å². The van der Waals surface area contributed by atoms with E-state index in [-0.39, 0.29) is 0 Å². The maximum atomic E-state index is 4.98. The largest absolute Gasteiger partial charge is 0.348 e. The zero-order chi connectivity index (χ0) is 20.3. The molecule has 1 aromatic carbocycles. The summed E-state index contributed by atoms with van der Waals surface area (Å²) in [6.45, 7) is 4.28. The number of aromatic nitrogens is 2. The Labute approximate surface area is 184 Å². The van der Waals surface area contributed by atoms with Gasteiger partial charge in [0.15, 0.2) is 5.13 Å². The molecule has 4 heterocycles. The van der Waals surface area contributed by atoms with E-state index in [2.05, 4.69) is 50.9 Å². The third kappa shape index (κ3) is 3.95. The van der Waals surface area contributed by atoms with Gasteiger partial charge in [-0.3, -0.25) is 5.43 Å². The average Bonchev–Trinajstić information content (AvgIpc) is 3.44. The van der Waals surface area contributed by atoms with Gasteiger partial charge in [-0.2, -0.15) is 5.10 Å². The lowest BCUT2D eigenvalue weighted by Crippen LogP contribution is -2.29. The van der Waals surface area contributed by atoms with E-state index >= 15 is 0 Å². The van der Waals surface area contributed by atoms with Crippen LogP contribution in [0.4, 0.5) is 10.9 Å². The number of thiophene rings is 1. The Bertz CT molecular complexity index is 1170. The van der Waals surface area contributed by atoms with E-state index in [1.165, 1.54) is 35.1 Å². The fourth-order valence-corrected chi connectivity index (χ4v) is 5.58. The molecule has 0 aliphatic carbocycles. The highest BCUT2D eigenvalue weighted by Crippen LogP contribution is 2.35. The minimum Gasteiger partial charge on any atom is -0.348 e. The highest BCUT2D eigenvalue weighted by molar-refractivity contribution is 7.18. The molecule has 30 heavy (non-hydrogen) atoms. The third-order valence-corrected chi connectivity index (χ3v) is 7.23. The number of nitrogens with one attached hydrogen (secondary N) is 1. The van der Waals surface area contributed by atoms with E-state index in [4.69, 9.17) is 4.98 Å². The third-order valence-electron chi connectivity index (χ3n) is 5.31. The molecular formula is C23H23N5S2. The van der Waals surface area contributed by atoms with Gasteiger partial charge in [0.2, 0.25) is 0 Å². The highest BCUT2D eigenvalue weighted by Gasteiger charge is 2.19. The lowest BCUT2D eigenvalue weighted by Gasteiger charge is -2.25. The van der Waals surface area contributed by atoms with Crippen molar-refractivity contribution >= 4 is 50.7 Å². The van der Waals surface area contributed by atoms with Gasteiger partial charge in [-0.1, -0.05) is 35.6 Å². The molecule has 4 aromatic rings. The summed E-state index contributed by atoms with van der Waals surface area (Å²) in [7, 11) is 0. The van der Waals surface area contributed by atoms with Crippen molar-refractivity contribution in [3.8, 4) is 10.6 Å². The number of para-hydroxylation sites is 1. The minimum absolute atomic E-state index is 0.751. The van der Waals surface area contributed by atoms with Crippen LogP contribution < -0.4 is 10.3 Å². The van der Waals surface area contributed by atoms with Crippen LogP contribution in [-0.4, -0.2) is 29.3 Å². The lowest BCUT2D eigenvalue weighted by atomic mass is 10.1. The van der Waals surface area contributed by atoms with Crippen molar-refractivity contribution in [3.05, 3.63) is 58.3 Å². The van der Waals surface area contributed by atoms with Crippen molar-refractivity contribution < 1.29 is 0 Å². The second-order valence-corrected chi connectivity index (χ2v) is 9.40. The molecule has 5 nitrogen and oxygen atoms in total. The fraction of sp³-hybridized carbons (Fsp3) is 0.261. The minimum atomic E-state index is 0.751. The molecule has 0 spiro atoms. The molecular weight excluding hydrogens is 410 g/mol. The van der Waals surface area contributed by atoms with Crippen LogP contribution in [0.1, 0.15) is 29.7 Å². The second-order valence-electron chi connectivity index (χ2n) is 7.45. The number of thiazole rings is 1. The molecule has 0 amide bonds. The Hall–Kier alpha value is -2.77. The van der Waals surface area contributed by atoms with Crippen molar-refractivity contribution in [2.24, 2.45) is 5.10 Å². The van der Waals surface area contributed by atoms with Gasteiger partial charge in [0, 0.05) is 18.5 Å². The van der Waals surface area contributed by atoms with Crippen molar-refractivity contribution in [2.75, 3.05) is 23.4 Å². The smallest absolute Gasteiger partial charge is 0.186 e. The number of hydrogen-bond donors (Lipinski definition) is 1. The zero-order valence-electron chi connectivity index (χ0n) is 16.8. The number of anilines is 2. The molecule has 0 atom stereocenters. The first kappa shape index (κ1) is 19.2. The number of nitrogens with zero attached hydrogens (tertiary/aromatic N) is 4. The topological polar surface area (TPSA) is 53.4 Å². The van der Waals surface area contributed by atoms with E-state index in [0.29, 0.717) is 0 Å². The second kappa shape index (κ2) is 8.53. The number of fused-ring (bicyclic) bond motifs is 1. The molecule has 0 bridgehead atoms. The number of piperidine rings is 1. The van der Waals surface area contributed by atoms with Crippen molar-refractivity contribution in [2.45, 2.75) is 26.2 Å². The van der Waals surface area contributed by atoms with Gasteiger partial charge in [0.25, 0.3) is 0 Å². The Balaban J connectivity index is 1.42. The number of hydrazone groups is 1. The molecule has 1 aliphatic rings. The molecule has 7 heteroatoms. The summed E-state index contributed by atoms with van der Waals surface area (Å²) < 4.78 is 0. The maximum absolute atomic E-state index is 4.98. The predicted molar refractivity (Wildman–Crippen MR) is 129 cm³/mol. The van der Waals surface area contributed by atoms with Gasteiger partial charge in [-0.15, -0.1) is 11.3 Å². The number of benzene rings is 1. The molecule has 0 radical (unpaired) electrons. The Morgan fingerprint density at radius 2 is 1.93 bits per heavy atom. The summed E-state index contributed by atoms with van der Waals surface area (Å²) in [5.41, 5.74) is 6.29. The van der Waals surface area contributed by atoms with E-state index in [0.717, 1.165) is 40.1 Å². The molecule has 1 fully saturated rings. The van der Waals surface area contributed by atoms with Crippen molar-refractivity contribution in [3.63, 3.8) is 0 Å². The molecule has 152 valence electrons. The van der Waals surface area contributed by atoms with Crippen LogP contribution in [-0.2, 0) is 0 Å².